The summed E-state index contributed by atoms with van der Waals surface area (Å²) in [5, 5.41) is 11.3. The summed E-state index contributed by atoms with van der Waals surface area (Å²) < 4.78 is 43.7. The first-order chi connectivity index (χ1) is 11.1. The molecule has 2 unspecified atom stereocenters. The molecule has 0 radical (unpaired) electrons. The molecule has 0 spiro atoms. The van der Waals surface area contributed by atoms with Crippen LogP contribution in [-0.2, 0) is 11.0 Å². The number of amides is 1. The summed E-state index contributed by atoms with van der Waals surface area (Å²) in [7, 11) is 0. The summed E-state index contributed by atoms with van der Waals surface area (Å²) >= 11 is 0. The number of carbonyl (C=O) groups is 2. The number of halogens is 3. The number of rotatable bonds is 7. The fraction of sp³-hybridized carbons (Fsp3) is 0.375. The molecule has 1 rings (SSSR count). The van der Waals surface area contributed by atoms with E-state index in [0.717, 1.165) is 12.1 Å². The van der Waals surface area contributed by atoms with Crippen molar-refractivity contribution in [3.8, 4) is 5.75 Å². The van der Waals surface area contributed by atoms with Crippen molar-refractivity contribution in [1.29, 1.82) is 0 Å². The van der Waals surface area contributed by atoms with E-state index >= 15 is 0 Å². The van der Waals surface area contributed by atoms with Gasteiger partial charge in [-0.15, -0.1) is 0 Å². The smallest absolute Gasteiger partial charge is 0.416 e. The number of alkyl halides is 3. The average Bonchev–Trinajstić information content (AvgIpc) is 2.50. The Balaban J connectivity index is 3.14. The van der Waals surface area contributed by atoms with E-state index in [2.05, 4.69) is 11.9 Å². The Morgan fingerprint density at radius 2 is 2.00 bits per heavy atom. The van der Waals surface area contributed by atoms with Crippen molar-refractivity contribution in [2.75, 3.05) is 6.61 Å². The number of hydrogen-bond acceptors (Lipinski definition) is 3. The molecule has 2 atom stereocenters. The van der Waals surface area contributed by atoms with Crippen LogP contribution in [0.25, 0.3) is 0 Å². The lowest BCUT2D eigenvalue weighted by atomic mass is 10.0. The molecule has 0 heterocycles. The molecule has 5 nitrogen and oxygen atoms in total. The zero-order chi connectivity index (χ0) is 18.5. The van der Waals surface area contributed by atoms with Gasteiger partial charge in [-0.2, -0.15) is 13.2 Å². The summed E-state index contributed by atoms with van der Waals surface area (Å²) in [5.41, 5.74) is -1.33. The highest BCUT2D eigenvalue weighted by molar-refractivity contribution is 5.97. The standard InChI is InChI=1S/C16H18F3NO4/c1-4-7-24-13-6-5-11(16(17,18)19)8-12(13)14(21)20-10(3)9(2)15(22)23/h4-6,8-10H,1,7H2,2-3H3,(H,20,21)(H,22,23). The predicted octanol–water partition coefficient (Wildman–Crippen LogP) is 3.11. The number of benzene rings is 1. The van der Waals surface area contributed by atoms with E-state index in [4.69, 9.17) is 9.84 Å². The van der Waals surface area contributed by atoms with Crippen molar-refractivity contribution in [1.82, 2.24) is 5.32 Å². The second-order valence-corrected chi connectivity index (χ2v) is 5.20. The Bertz CT molecular complexity index is 628. The molecule has 24 heavy (non-hydrogen) atoms. The van der Waals surface area contributed by atoms with Gasteiger partial charge >= 0.3 is 12.1 Å². The number of nitrogens with one attached hydrogen (secondary N) is 1. The van der Waals surface area contributed by atoms with E-state index < -0.39 is 35.6 Å². The minimum absolute atomic E-state index is 0.00667. The topological polar surface area (TPSA) is 75.6 Å². The molecule has 2 N–H and O–H groups in total. The van der Waals surface area contributed by atoms with E-state index in [1.54, 1.807) is 0 Å². The van der Waals surface area contributed by atoms with Crippen molar-refractivity contribution >= 4 is 11.9 Å². The second kappa shape index (κ2) is 7.85. The van der Waals surface area contributed by atoms with Gasteiger partial charge < -0.3 is 15.2 Å². The third-order valence-electron chi connectivity index (χ3n) is 3.41. The molecule has 0 saturated carbocycles. The van der Waals surface area contributed by atoms with Gasteiger partial charge in [0.2, 0.25) is 0 Å². The van der Waals surface area contributed by atoms with Crippen LogP contribution in [0.3, 0.4) is 0 Å². The number of carboxylic acid groups (broad SMARTS) is 1. The largest absolute Gasteiger partial charge is 0.489 e. The maximum absolute atomic E-state index is 12.8. The second-order valence-electron chi connectivity index (χ2n) is 5.20. The monoisotopic (exact) mass is 345 g/mol. The molecule has 0 saturated heterocycles. The molecule has 1 aromatic carbocycles. The van der Waals surface area contributed by atoms with Crippen molar-refractivity contribution in [3.63, 3.8) is 0 Å². The molecule has 0 fully saturated rings. The highest BCUT2D eigenvalue weighted by Gasteiger charge is 2.32. The van der Waals surface area contributed by atoms with E-state index in [1.807, 2.05) is 0 Å². The lowest BCUT2D eigenvalue weighted by molar-refractivity contribution is -0.141. The van der Waals surface area contributed by atoms with Crippen molar-refractivity contribution in [2.24, 2.45) is 5.92 Å². The van der Waals surface area contributed by atoms with Gasteiger partial charge in [-0.05, 0) is 32.0 Å². The molecule has 8 heteroatoms. The van der Waals surface area contributed by atoms with Crippen molar-refractivity contribution in [3.05, 3.63) is 42.0 Å². The molecular weight excluding hydrogens is 327 g/mol. The Morgan fingerprint density at radius 3 is 2.50 bits per heavy atom. The Labute approximate surface area is 137 Å². The first-order valence-corrected chi connectivity index (χ1v) is 7.06. The Kier molecular flexibility index (Phi) is 6.39. The van der Waals surface area contributed by atoms with Crippen LogP contribution in [0.2, 0.25) is 0 Å². The van der Waals surface area contributed by atoms with Crippen molar-refractivity contribution in [2.45, 2.75) is 26.1 Å². The number of carboxylic acids is 1. The highest BCUT2D eigenvalue weighted by atomic mass is 19.4. The zero-order valence-corrected chi connectivity index (χ0v) is 13.2. The first kappa shape index (κ1) is 19.5. The fourth-order valence-corrected chi connectivity index (χ4v) is 1.78. The average molecular weight is 345 g/mol. The van der Waals surface area contributed by atoms with E-state index in [1.165, 1.54) is 19.9 Å². The number of aliphatic carboxylic acids is 1. The fourth-order valence-electron chi connectivity index (χ4n) is 1.78. The third-order valence-corrected chi connectivity index (χ3v) is 3.41. The van der Waals surface area contributed by atoms with Crippen molar-refractivity contribution < 1.29 is 32.6 Å². The predicted molar refractivity (Wildman–Crippen MR) is 80.9 cm³/mol. The lowest BCUT2D eigenvalue weighted by Crippen LogP contribution is -2.40. The molecule has 0 aromatic heterocycles. The van der Waals surface area contributed by atoms with E-state index in [9.17, 15) is 22.8 Å². The van der Waals surface area contributed by atoms with Crippen LogP contribution in [-0.4, -0.2) is 29.6 Å². The minimum Gasteiger partial charge on any atom is -0.489 e. The zero-order valence-electron chi connectivity index (χ0n) is 13.2. The van der Waals surface area contributed by atoms with Gasteiger partial charge in [-0.25, -0.2) is 0 Å². The quantitative estimate of drug-likeness (QED) is 0.745. The summed E-state index contributed by atoms with van der Waals surface area (Å²) in [6, 6.07) is 1.74. The van der Waals surface area contributed by atoms with E-state index in [0.29, 0.717) is 6.07 Å². The first-order valence-electron chi connectivity index (χ1n) is 7.06. The van der Waals surface area contributed by atoms with Crippen LogP contribution in [0.4, 0.5) is 13.2 Å². The van der Waals surface area contributed by atoms with Crippen LogP contribution in [0.5, 0.6) is 5.75 Å². The lowest BCUT2D eigenvalue weighted by Gasteiger charge is -2.19. The molecule has 0 aliphatic rings. The van der Waals surface area contributed by atoms with Crippen LogP contribution in [0, 0.1) is 5.92 Å². The number of hydrogen-bond donors (Lipinski definition) is 2. The summed E-state index contributed by atoms with van der Waals surface area (Å²) in [6.07, 6.45) is -3.24. The molecule has 0 bridgehead atoms. The third kappa shape index (κ3) is 5.00. The van der Waals surface area contributed by atoms with Gasteiger partial charge in [-0.1, -0.05) is 12.7 Å². The SMILES string of the molecule is C=CCOc1ccc(C(F)(F)F)cc1C(=O)NC(C)C(C)C(=O)O. The molecule has 1 aromatic rings. The maximum Gasteiger partial charge on any atom is 0.416 e. The number of carbonyl (C=O) groups excluding carboxylic acids is 1. The van der Waals surface area contributed by atoms with Crippen LogP contribution in [0.15, 0.2) is 30.9 Å². The minimum atomic E-state index is -4.62. The van der Waals surface area contributed by atoms with Gasteiger partial charge in [0.05, 0.1) is 17.0 Å². The maximum atomic E-state index is 12.8. The number of ether oxygens (including phenoxy) is 1. The summed E-state index contributed by atoms with van der Waals surface area (Å²) in [5.74, 6) is -2.93. The van der Waals surface area contributed by atoms with Gasteiger partial charge in [0.1, 0.15) is 12.4 Å². The van der Waals surface area contributed by atoms with E-state index in [-0.39, 0.29) is 17.9 Å². The summed E-state index contributed by atoms with van der Waals surface area (Å²) in [4.78, 5) is 23.2. The van der Waals surface area contributed by atoms with Gasteiger partial charge in [0, 0.05) is 6.04 Å². The van der Waals surface area contributed by atoms with Gasteiger partial charge in [-0.3, -0.25) is 9.59 Å². The normalized spacial score (nSPS) is 13.7. The molecular formula is C16H18F3NO4. The molecule has 0 aliphatic heterocycles. The van der Waals surface area contributed by atoms with Crippen LogP contribution < -0.4 is 10.1 Å². The Morgan fingerprint density at radius 1 is 1.38 bits per heavy atom. The highest BCUT2D eigenvalue weighted by Crippen LogP contribution is 2.32. The molecule has 1 amide bonds. The molecule has 132 valence electrons. The summed E-state index contributed by atoms with van der Waals surface area (Å²) in [6.45, 7) is 6.27. The van der Waals surface area contributed by atoms with Crippen LogP contribution >= 0.6 is 0 Å². The van der Waals surface area contributed by atoms with Crippen LogP contribution in [0.1, 0.15) is 29.8 Å². The molecule has 0 aliphatic carbocycles. The Hall–Kier alpha value is -2.51. The van der Waals surface area contributed by atoms with Gasteiger partial charge in [0.25, 0.3) is 5.91 Å². The van der Waals surface area contributed by atoms with Gasteiger partial charge in [0.15, 0.2) is 0 Å².